The van der Waals surface area contributed by atoms with Crippen molar-refractivity contribution in [3.8, 4) is 0 Å². The van der Waals surface area contributed by atoms with Gasteiger partial charge in [-0.1, -0.05) is 13.8 Å². The average molecular weight is 170 g/mol. The number of hydrogen-bond acceptors (Lipinski definition) is 2. The van der Waals surface area contributed by atoms with Gasteiger partial charge in [0.05, 0.1) is 0 Å². The highest BCUT2D eigenvalue weighted by Gasteiger charge is 2.35. The Morgan fingerprint density at radius 2 is 1.92 bits per heavy atom. The molecule has 0 aliphatic heterocycles. The summed E-state index contributed by atoms with van der Waals surface area (Å²) in [6, 6.07) is 0.711. The fourth-order valence-electron chi connectivity index (χ4n) is 1.83. The topological polar surface area (TPSA) is 38.0 Å². The molecule has 0 radical (unpaired) electrons. The van der Waals surface area contributed by atoms with Gasteiger partial charge in [-0.2, -0.15) is 0 Å². The monoisotopic (exact) mass is 170 g/mol. The number of rotatable bonds is 3. The van der Waals surface area contributed by atoms with Gasteiger partial charge in [-0.15, -0.1) is 0 Å². The van der Waals surface area contributed by atoms with Crippen molar-refractivity contribution < 1.29 is 0 Å². The summed E-state index contributed by atoms with van der Waals surface area (Å²) in [5.74, 6) is 0. The number of nitrogens with two attached hydrogens (primary N) is 1. The Bertz CT molecular complexity index is 148. The van der Waals surface area contributed by atoms with Crippen LogP contribution in [0.25, 0.3) is 0 Å². The lowest BCUT2D eigenvalue weighted by Gasteiger charge is -2.44. The van der Waals surface area contributed by atoms with Crippen molar-refractivity contribution in [2.24, 2.45) is 11.1 Å². The predicted octanol–water partition coefficient (Wildman–Crippen LogP) is 1.50. The smallest absolute Gasteiger partial charge is 0.0223 e. The summed E-state index contributed by atoms with van der Waals surface area (Å²) in [4.78, 5) is 0. The molecule has 0 bridgehead atoms. The molecule has 1 saturated carbocycles. The third-order valence-electron chi connectivity index (χ3n) is 2.44. The zero-order chi connectivity index (χ0) is 9.41. The number of hydrogen-bond donors (Lipinski definition) is 2. The van der Waals surface area contributed by atoms with E-state index >= 15 is 0 Å². The first kappa shape index (κ1) is 10.0. The lowest BCUT2D eigenvalue weighted by molar-refractivity contribution is 0.122. The van der Waals surface area contributed by atoms with Crippen molar-refractivity contribution >= 4 is 0 Å². The van der Waals surface area contributed by atoms with Crippen LogP contribution in [0.2, 0.25) is 0 Å². The summed E-state index contributed by atoms with van der Waals surface area (Å²) < 4.78 is 0. The standard InChI is InChI=1S/C10H22N2/c1-9(2)5-8(6-9)12-7-10(3,4)11/h8,12H,5-7,11H2,1-4H3. The molecule has 2 nitrogen and oxygen atoms in total. The minimum Gasteiger partial charge on any atom is -0.324 e. The van der Waals surface area contributed by atoms with Gasteiger partial charge >= 0.3 is 0 Å². The van der Waals surface area contributed by atoms with Gasteiger partial charge in [-0.3, -0.25) is 0 Å². The van der Waals surface area contributed by atoms with Crippen molar-refractivity contribution in [1.29, 1.82) is 0 Å². The molecule has 0 spiro atoms. The molecule has 12 heavy (non-hydrogen) atoms. The number of nitrogens with one attached hydrogen (secondary N) is 1. The van der Waals surface area contributed by atoms with E-state index in [2.05, 4.69) is 33.0 Å². The maximum Gasteiger partial charge on any atom is 0.0223 e. The molecular weight excluding hydrogens is 148 g/mol. The molecule has 0 aromatic rings. The Kier molecular flexibility index (Phi) is 2.50. The second-order valence-electron chi connectivity index (χ2n) is 5.64. The van der Waals surface area contributed by atoms with Crippen LogP contribution in [0.4, 0.5) is 0 Å². The molecule has 0 aromatic heterocycles. The highest BCUT2D eigenvalue weighted by atomic mass is 15.0. The Hall–Kier alpha value is -0.0800. The van der Waals surface area contributed by atoms with Crippen LogP contribution in [0.5, 0.6) is 0 Å². The molecule has 1 fully saturated rings. The fraction of sp³-hybridized carbons (Fsp3) is 1.00. The van der Waals surface area contributed by atoms with Crippen LogP contribution in [-0.4, -0.2) is 18.1 Å². The minimum absolute atomic E-state index is 0.0697. The molecule has 0 unspecified atom stereocenters. The van der Waals surface area contributed by atoms with E-state index in [0.717, 1.165) is 6.54 Å². The van der Waals surface area contributed by atoms with E-state index in [0.29, 0.717) is 11.5 Å². The Morgan fingerprint density at radius 3 is 2.25 bits per heavy atom. The SMILES string of the molecule is CC(C)(N)CNC1CC(C)(C)C1. The van der Waals surface area contributed by atoms with Crippen LogP contribution in [0, 0.1) is 5.41 Å². The molecule has 3 N–H and O–H groups in total. The third-order valence-corrected chi connectivity index (χ3v) is 2.44. The molecule has 72 valence electrons. The molecule has 2 heteroatoms. The van der Waals surface area contributed by atoms with E-state index in [-0.39, 0.29) is 5.54 Å². The predicted molar refractivity (Wildman–Crippen MR) is 53.1 cm³/mol. The van der Waals surface area contributed by atoms with Crippen LogP contribution in [0.3, 0.4) is 0 Å². The first-order chi connectivity index (χ1) is 5.29. The van der Waals surface area contributed by atoms with Crippen LogP contribution in [-0.2, 0) is 0 Å². The maximum absolute atomic E-state index is 5.87. The van der Waals surface area contributed by atoms with Crippen molar-refractivity contribution in [3.05, 3.63) is 0 Å². The van der Waals surface area contributed by atoms with E-state index < -0.39 is 0 Å². The molecule has 0 saturated heterocycles. The van der Waals surface area contributed by atoms with Crippen LogP contribution in [0.1, 0.15) is 40.5 Å². The van der Waals surface area contributed by atoms with E-state index in [4.69, 9.17) is 5.73 Å². The molecule has 0 aromatic carbocycles. The fourth-order valence-corrected chi connectivity index (χ4v) is 1.83. The zero-order valence-electron chi connectivity index (χ0n) is 8.78. The average Bonchev–Trinajstić information content (AvgIpc) is 1.76. The van der Waals surface area contributed by atoms with Crippen molar-refractivity contribution in [2.45, 2.75) is 52.1 Å². The Morgan fingerprint density at radius 1 is 1.42 bits per heavy atom. The molecule has 0 atom stereocenters. The van der Waals surface area contributed by atoms with Gasteiger partial charge in [0.15, 0.2) is 0 Å². The Balaban J connectivity index is 2.12. The lowest BCUT2D eigenvalue weighted by Crippen LogP contribution is -2.52. The quantitative estimate of drug-likeness (QED) is 0.673. The second-order valence-corrected chi connectivity index (χ2v) is 5.64. The summed E-state index contributed by atoms with van der Waals surface area (Å²) in [6.45, 7) is 9.68. The molecule has 0 amide bonds. The van der Waals surface area contributed by atoms with Gasteiger partial charge in [0.25, 0.3) is 0 Å². The summed E-state index contributed by atoms with van der Waals surface area (Å²) in [7, 11) is 0. The second kappa shape index (κ2) is 3.00. The van der Waals surface area contributed by atoms with Crippen molar-refractivity contribution in [1.82, 2.24) is 5.32 Å². The largest absolute Gasteiger partial charge is 0.324 e. The highest BCUT2D eigenvalue weighted by molar-refractivity contribution is 4.92. The van der Waals surface area contributed by atoms with Gasteiger partial charge in [0.1, 0.15) is 0 Å². The summed E-state index contributed by atoms with van der Waals surface area (Å²) in [6.07, 6.45) is 2.59. The van der Waals surface area contributed by atoms with E-state index in [1.807, 2.05) is 0 Å². The van der Waals surface area contributed by atoms with Crippen LogP contribution < -0.4 is 11.1 Å². The molecule has 1 rings (SSSR count). The Labute approximate surface area is 75.9 Å². The van der Waals surface area contributed by atoms with Gasteiger partial charge in [0, 0.05) is 18.1 Å². The lowest BCUT2D eigenvalue weighted by atomic mass is 9.68. The van der Waals surface area contributed by atoms with E-state index in [1.165, 1.54) is 12.8 Å². The van der Waals surface area contributed by atoms with Crippen LogP contribution in [0.15, 0.2) is 0 Å². The molecule has 1 aliphatic rings. The zero-order valence-corrected chi connectivity index (χ0v) is 8.78. The van der Waals surface area contributed by atoms with Gasteiger partial charge in [-0.05, 0) is 32.1 Å². The van der Waals surface area contributed by atoms with Gasteiger partial charge in [0.2, 0.25) is 0 Å². The third kappa shape index (κ3) is 3.11. The summed E-state index contributed by atoms with van der Waals surface area (Å²) >= 11 is 0. The van der Waals surface area contributed by atoms with E-state index in [1.54, 1.807) is 0 Å². The molecular formula is C10H22N2. The van der Waals surface area contributed by atoms with Crippen LogP contribution >= 0.6 is 0 Å². The van der Waals surface area contributed by atoms with E-state index in [9.17, 15) is 0 Å². The first-order valence-corrected chi connectivity index (χ1v) is 4.81. The maximum atomic E-state index is 5.87. The molecule has 1 aliphatic carbocycles. The summed E-state index contributed by atoms with van der Waals surface area (Å²) in [5.41, 5.74) is 6.36. The molecule has 0 heterocycles. The highest BCUT2D eigenvalue weighted by Crippen LogP contribution is 2.39. The van der Waals surface area contributed by atoms with Gasteiger partial charge < -0.3 is 11.1 Å². The van der Waals surface area contributed by atoms with Crippen molar-refractivity contribution in [3.63, 3.8) is 0 Å². The van der Waals surface area contributed by atoms with Crippen molar-refractivity contribution in [2.75, 3.05) is 6.54 Å². The first-order valence-electron chi connectivity index (χ1n) is 4.81. The van der Waals surface area contributed by atoms with Gasteiger partial charge in [-0.25, -0.2) is 0 Å². The normalized spacial score (nSPS) is 23.8. The minimum atomic E-state index is -0.0697. The summed E-state index contributed by atoms with van der Waals surface area (Å²) in [5, 5.41) is 3.49.